The highest BCUT2D eigenvalue weighted by molar-refractivity contribution is 5.24. The van der Waals surface area contributed by atoms with Crippen LogP contribution in [0.3, 0.4) is 0 Å². The minimum absolute atomic E-state index is 0.525. The molecule has 0 aliphatic rings. The maximum absolute atomic E-state index is 3.77. The molecule has 0 saturated heterocycles. The van der Waals surface area contributed by atoms with Crippen LogP contribution in [-0.2, 0) is 0 Å². The van der Waals surface area contributed by atoms with Crippen molar-refractivity contribution in [3.63, 3.8) is 0 Å². The fraction of sp³-hybridized carbons (Fsp3) is 0.667. The molecule has 0 spiro atoms. The Balaban J connectivity index is 2.81. The minimum atomic E-state index is 0.525. The predicted octanol–water partition coefficient (Wildman–Crippen LogP) is 5.25. The summed E-state index contributed by atoms with van der Waals surface area (Å²) >= 11 is 0. The minimum Gasteiger partial charge on any atom is -0.310 e. The lowest BCUT2D eigenvalue weighted by Gasteiger charge is -2.28. The summed E-state index contributed by atoms with van der Waals surface area (Å²) in [6.45, 7) is 10.1. The molecule has 1 nitrogen and oxygen atoms in total. The molecule has 0 saturated carbocycles. The summed E-state index contributed by atoms with van der Waals surface area (Å²) in [6.07, 6.45) is 6.43. The average molecular weight is 261 g/mol. The van der Waals surface area contributed by atoms with E-state index in [-0.39, 0.29) is 0 Å². The predicted molar refractivity (Wildman–Crippen MR) is 85.5 cm³/mol. The zero-order valence-electron chi connectivity index (χ0n) is 13.2. The second kappa shape index (κ2) is 9.14. The Hall–Kier alpha value is -0.820. The van der Waals surface area contributed by atoms with E-state index in [1.54, 1.807) is 0 Å². The largest absolute Gasteiger partial charge is 0.310 e. The molecular weight excluding hydrogens is 230 g/mol. The van der Waals surface area contributed by atoms with Gasteiger partial charge in [0.2, 0.25) is 0 Å². The van der Waals surface area contributed by atoms with Crippen LogP contribution < -0.4 is 5.32 Å². The molecule has 0 heterocycles. The van der Waals surface area contributed by atoms with Gasteiger partial charge >= 0.3 is 0 Å². The van der Waals surface area contributed by atoms with Crippen molar-refractivity contribution in [2.75, 3.05) is 6.54 Å². The third kappa shape index (κ3) is 5.36. The quantitative estimate of drug-likeness (QED) is 0.640. The van der Waals surface area contributed by atoms with Gasteiger partial charge in [-0.05, 0) is 37.8 Å². The van der Waals surface area contributed by atoms with Crippen LogP contribution in [0.25, 0.3) is 0 Å². The van der Waals surface area contributed by atoms with Gasteiger partial charge < -0.3 is 5.32 Å². The summed E-state index contributed by atoms with van der Waals surface area (Å²) in [5, 5.41) is 3.77. The molecular formula is C18H31N. The fourth-order valence-electron chi connectivity index (χ4n) is 2.70. The second-order valence-electron chi connectivity index (χ2n) is 5.65. The van der Waals surface area contributed by atoms with Gasteiger partial charge in [0.05, 0.1) is 0 Å². The second-order valence-corrected chi connectivity index (χ2v) is 5.65. The van der Waals surface area contributed by atoms with Gasteiger partial charge in [-0.25, -0.2) is 0 Å². The lowest BCUT2D eigenvalue weighted by atomic mass is 9.86. The van der Waals surface area contributed by atoms with E-state index in [9.17, 15) is 0 Å². The van der Waals surface area contributed by atoms with Gasteiger partial charge in [0, 0.05) is 6.04 Å². The van der Waals surface area contributed by atoms with Crippen molar-refractivity contribution in [1.29, 1.82) is 0 Å². The SMILES string of the molecule is CCCCC(CC)C(NCCC)c1ccc(C)cc1. The normalized spacial score (nSPS) is 14.3. The first kappa shape index (κ1) is 16.2. The zero-order chi connectivity index (χ0) is 14.1. The molecule has 2 atom stereocenters. The van der Waals surface area contributed by atoms with Gasteiger partial charge in [0.25, 0.3) is 0 Å². The Labute approximate surface area is 119 Å². The molecule has 1 rings (SSSR count). The molecule has 0 aliphatic heterocycles. The van der Waals surface area contributed by atoms with E-state index in [1.165, 1.54) is 43.2 Å². The third-order valence-electron chi connectivity index (χ3n) is 3.97. The molecule has 2 unspecified atom stereocenters. The molecule has 19 heavy (non-hydrogen) atoms. The van der Waals surface area contributed by atoms with Gasteiger partial charge in [0.1, 0.15) is 0 Å². The number of benzene rings is 1. The summed E-state index contributed by atoms with van der Waals surface area (Å²) in [7, 11) is 0. The Morgan fingerprint density at radius 2 is 1.68 bits per heavy atom. The maximum atomic E-state index is 3.77. The molecule has 1 aromatic carbocycles. The number of rotatable bonds is 9. The van der Waals surface area contributed by atoms with Crippen molar-refractivity contribution in [3.8, 4) is 0 Å². The molecule has 1 N–H and O–H groups in total. The molecule has 0 radical (unpaired) electrons. The standard InChI is InChI=1S/C18H31N/c1-5-8-9-16(7-3)18(19-14-6-2)17-12-10-15(4)11-13-17/h10-13,16,18-19H,5-9,14H2,1-4H3. The van der Waals surface area contributed by atoms with E-state index in [0.29, 0.717) is 6.04 Å². The van der Waals surface area contributed by atoms with Crippen LogP contribution in [0, 0.1) is 12.8 Å². The maximum Gasteiger partial charge on any atom is 0.0348 e. The number of hydrogen-bond donors (Lipinski definition) is 1. The summed E-state index contributed by atoms with van der Waals surface area (Å²) in [6, 6.07) is 9.61. The van der Waals surface area contributed by atoms with Crippen molar-refractivity contribution in [3.05, 3.63) is 35.4 Å². The van der Waals surface area contributed by atoms with Crippen LogP contribution >= 0.6 is 0 Å². The summed E-state index contributed by atoms with van der Waals surface area (Å²) < 4.78 is 0. The highest BCUT2D eigenvalue weighted by Crippen LogP contribution is 2.29. The van der Waals surface area contributed by atoms with Crippen LogP contribution in [0.2, 0.25) is 0 Å². The third-order valence-corrected chi connectivity index (χ3v) is 3.97. The highest BCUT2D eigenvalue weighted by atomic mass is 14.9. The number of unbranched alkanes of at least 4 members (excludes halogenated alkanes) is 1. The van der Waals surface area contributed by atoms with Crippen LogP contribution in [-0.4, -0.2) is 6.54 Å². The molecule has 108 valence electrons. The molecule has 0 amide bonds. The lowest BCUT2D eigenvalue weighted by molar-refractivity contribution is 0.323. The van der Waals surface area contributed by atoms with Crippen molar-refractivity contribution in [2.45, 2.75) is 65.8 Å². The Kier molecular flexibility index (Phi) is 7.81. The number of hydrogen-bond acceptors (Lipinski definition) is 1. The summed E-state index contributed by atoms with van der Waals surface area (Å²) in [4.78, 5) is 0. The number of nitrogens with one attached hydrogen (secondary N) is 1. The average Bonchev–Trinajstić information content (AvgIpc) is 2.44. The van der Waals surface area contributed by atoms with E-state index in [0.717, 1.165) is 12.5 Å². The van der Waals surface area contributed by atoms with E-state index in [1.807, 2.05) is 0 Å². The topological polar surface area (TPSA) is 12.0 Å². The van der Waals surface area contributed by atoms with Gasteiger partial charge in [-0.3, -0.25) is 0 Å². The van der Waals surface area contributed by atoms with Crippen molar-refractivity contribution in [2.24, 2.45) is 5.92 Å². The van der Waals surface area contributed by atoms with E-state index in [4.69, 9.17) is 0 Å². The smallest absolute Gasteiger partial charge is 0.0348 e. The van der Waals surface area contributed by atoms with Crippen molar-refractivity contribution < 1.29 is 0 Å². The van der Waals surface area contributed by atoms with Crippen LogP contribution in [0.15, 0.2) is 24.3 Å². The van der Waals surface area contributed by atoms with E-state index >= 15 is 0 Å². The molecule has 0 fully saturated rings. The van der Waals surface area contributed by atoms with Gasteiger partial charge in [-0.1, -0.05) is 69.9 Å². The summed E-state index contributed by atoms with van der Waals surface area (Å²) in [5.74, 6) is 0.759. The first-order chi connectivity index (χ1) is 9.22. The first-order valence-corrected chi connectivity index (χ1v) is 8.02. The molecule has 0 aromatic heterocycles. The first-order valence-electron chi connectivity index (χ1n) is 8.02. The summed E-state index contributed by atoms with van der Waals surface area (Å²) in [5.41, 5.74) is 2.81. The van der Waals surface area contributed by atoms with Gasteiger partial charge in [-0.2, -0.15) is 0 Å². The monoisotopic (exact) mass is 261 g/mol. The van der Waals surface area contributed by atoms with Crippen molar-refractivity contribution in [1.82, 2.24) is 5.32 Å². The number of aryl methyl sites for hydroxylation is 1. The zero-order valence-corrected chi connectivity index (χ0v) is 13.2. The molecule has 1 heteroatoms. The van der Waals surface area contributed by atoms with Crippen LogP contribution in [0.1, 0.15) is 70.0 Å². The van der Waals surface area contributed by atoms with E-state index < -0.39 is 0 Å². The van der Waals surface area contributed by atoms with Crippen molar-refractivity contribution >= 4 is 0 Å². The Bertz CT molecular complexity index is 328. The van der Waals surface area contributed by atoms with Gasteiger partial charge in [0.15, 0.2) is 0 Å². The van der Waals surface area contributed by atoms with Gasteiger partial charge in [-0.15, -0.1) is 0 Å². The Morgan fingerprint density at radius 1 is 1.00 bits per heavy atom. The molecule has 0 aliphatic carbocycles. The van der Waals surface area contributed by atoms with Crippen LogP contribution in [0.4, 0.5) is 0 Å². The fourth-order valence-corrected chi connectivity index (χ4v) is 2.70. The molecule has 0 bridgehead atoms. The molecule has 1 aromatic rings. The highest BCUT2D eigenvalue weighted by Gasteiger charge is 2.20. The van der Waals surface area contributed by atoms with E-state index in [2.05, 4.69) is 57.3 Å². The lowest BCUT2D eigenvalue weighted by Crippen LogP contribution is -2.29. The Morgan fingerprint density at radius 3 is 2.21 bits per heavy atom. The van der Waals surface area contributed by atoms with Crippen LogP contribution in [0.5, 0.6) is 0 Å².